The molecule has 3 aromatic rings. The number of carbonyl (C=O) groups is 1. The first kappa shape index (κ1) is 18.6. The van der Waals surface area contributed by atoms with Crippen LogP contribution in [-0.2, 0) is 24.2 Å². The van der Waals surface area contributed by atoms with Gasteiger partial charge in [-0.3, -0.25) is 9.36 Å². The van der Waals surface area contributed by atoms with E-state index in [0.29, 0.717) is 11.6 Å². The molecule has 28 heavy (non-hydrogen) atoms. The zero-order valence-electron chi connectivity index (χ0n) is 15.6. The molecule has 6 nitrogen and oxygen atoms in total. The molecule has 2 heterocycles. The molecule has 1 aliphatic rings. The fraction of sp³-hybridized carbons (Fsp3) is 0.286. The van der Waals surface area contributed by atoms with Gasteiger partial charge in [-0.2, -0.15) is 4.98 Å². The number of hydrogen-bond donors (Lipinski definition) is 1. The van der Waals surface area contributed by atoms with E-state index in [1.807, 2.05) is 43.3 Å². The average molecular weight is 395 g/mol. The molecule has 0 saturated carbocycles. The third kappa shape index (κ3) is 3.89. The van der Waals surface area contributed by atoms with E-state index in [0.717, 1.165) is 47.5 Å². The van der Waals surface area contributed by atoms with Gasteiger partial charge in [0.25, 0.3) is 0 Å². The molecule has 1 aliphatic carbocycles. The van der Waals surface area contributed by atoms with Gasteiger partial charge in [0.05, 0.1) is 18.6 Å². The molecular formula is C21H21N3O3S. The molecule has 0 unspecified atom stereocenters. The number of para-hydroxylation sites is 1. The maximum Gasteiger partial charge on any atom is 0.349 e. The van der Waals surface area contributed by atoms with Gasteiger partial charge >= 0.3 is 5.69 Å². The number of carbonyl (C=O) groups excluding carboxylic acids is 1. The van der Waals surface area contributed by atoms with Gasteiger partial charge < -0.3 is 9.73 Å². The molecule has 1 amide bonds. The van der Waals surface area contributed by atoms with E-state index >= 15 is 0 Å². The van der Waals surface area contributed by atoms with Crippen LogP contribution in [0.2, 0.25) is 0 Å². The first-order chi connectivity index (χ1) is 13.6. The molecule has 2 aromatic heterocycles. The SMILES string of the molecule is Cc1ccccc1NC(=O)CSc1nc(=O)n(Cc2ccco2)c2c1CCC2. The van der Waals surface area contributed by atoms with Crippen molar-refractivity contribution < 1.29 is 9.21 Å². The monoisotopic (exact) mass is 395 g/mol. The van der Waals surface area contributed by atoms with Crippen LogP contribution in [0.4, 0.5) is 5.69 Å². The Morgan fingerprint density at radius 2 is 2.11 bits per heavy atom. The van der Waals surface area contributed by atoms with Gasteiger partial charge in [-0.15, -0.1) is 0 Å². The number of benzene rings is 1. The summed E-state index contributed by atoms with van der Waals surface area (Å²) in [5.74, 6) is 0.846. The molecule has 144 valence electrons. The van der Waals surface area contributed by atoms with Crippen LogP contribution in [0.15, 0.2) is 56.9 Å². The van der Waals surface area contributed by atoms with Gasteiger partial charge in [-0.05, 0) is 49.9 Å². The lowest BCUT2D eigenvalue weighted by atomic mass is 10.2. The van der Waals surface area contributed by atoms with Crippen LogP contribution in [0.25, 0.3) is 0 Å². The topological polar surface area (TPSA) is 77.1 Å². The Bertz CT molecular complexity index is 1060. The van der Waals surface area contributed by atoms with Crippen LogP contribution in [0.3, 0.4) is 0 Å². The Labute approximate surface area is 167 Å². The number of amides is 1. The van der Waals surface area contributed by atoms with Gasteiger partial charge in [0.15, 0.2) is 0 Å². The zero-order chi connectivity index (χ0) is 19.5. The van der Waals surface area contributed by atoms with Crippen molar-refractivity contribution in [2.75, 3.05) is 11.1 Å². The number of nitrogens with one attached hydrogen (secondary N) is 1. The summed E-state index contributed by atoms with van der Waals surface area (Å²) in [5, 5.41) is 3.59. The van der Waals surface area contributed by atoms with Gasteiger partial charge in [0.1, 0.15) is 10.8 Å². The number of thioether (sulfide) groups is 1. The van der Waals surface area contributed by atoms with Crippen molar-refractivity contribution in [2.24, 2.45) is 0 Å². The van der Waals surface area contributed by atoms with Crippen molar-refractivity contribution in [2.45, 2.75) is 37.8 Å². The Hall–Kier alpha value is -2.80. The van der Waals surface area contributed by atoms with E-state index in [1.54, 1.807) is 10.8 Å². The van der Waals surface area contributed by atoms with Crippen molar-refractivity contribution in [1.82, 2.24) is 9.55 Å². The number of hydrogen-bond acceptors (Lipinski definition) is 5. The summed E-state index contributed by atoms with van der Waals surface area (Å²) in [6.45, 7) is 2.34. The number of aryl methyl sites for hydroxylation is 1. The molecule has 0 atom stereocenters. The van der Waals surface area contributed by atoms with Crippen LogP contribution in [0, 0.1) is 6.92 Å². The first-order valence-corrected chi connectivity index (χ1v) is 10.2. The highest BCUT2D eigenvalue weighted by Crippen LogP contribution is 2.29. The van der Waals surface area contributed by atoms with Gasteiger partial charge in [0, 0.05) is 16.9 Å². The molecule has 1 N–H and O–H groups in total. The fourth-order valence-corrected chi connectivity index (χ4v) is 4.34. The Morgan fingerprint density at radius 1 is 1.25 bits per heavy atom. The minimum absolute atomic E-state index is 0.104. The predicted octanol–water partition coefficient (Wildman–Crippen LogP) is 3.41. The van der Waals surface area contributed by atoms with E-state index < -0.39 is 0 Å². The van der Waals surface area contributed by atoms with E-state index in [-0.39, 0.29) is 17.3 Å². The molecule has 0 saturated heterocycles. The molecular weight excluding hydrogens is 374 g/mol. The summed E-state index contributed by atoms with van der Waals surface area (Å²) in [4.78, 5) is 29.2. The van der Waals surface area contributed by atoms with E-state index in [1.165, 1.54) is 11.8 Å². The number of nitrogens with zero attached hydrogens (tertiary/aromatic N) is 2. The van der Waals surface area contributed by atoms with Crippen LogP contribution < -0.4 is 11.0 Å². The Balaban J connectivity index is 1.50. The van der Waals surface area contributed by atoms with Crippen molar-refractivity contribution in [1.29, 1.82) is 0 Å². The standard InChI is InChI=1S/C21H21N3O3S/c1-14-6-2-3-9-17(14)22-19(25)13-28-20-16-8-4-10-18(16)24(21(26)23-20)12-15-7-5-11-27-15/h2-3,5-7,9,11H,4,8,10,12-13H2,1H3,(H,22,25). The predicted molar refractivity (Wildman–Crippen MR) is 109 cm³/mol. The van der Waals surface area contributed by atoms with Crippen molar-refractivity contribution in [3.8, 4) is 0 Å². The maximum absolute atomic E-state index is 12.6. The van der Waals surface area contributed by atoms with Crippen LogP contribution >= 0.6 is 11.8 Å². The van der Waals surface area contributed by atoms with Crippen molar-refractivity contribution in [3.63, 3.8) is 0 Å². The van der Waals surface area contributed by atoms with Gasteiger partial charge in [-0.25, -0.2) is 4.79 Å². The smallest absolute Gasteiger partial charge is 0.349 e. The summed E-state index contributed by atoms with van der Waals surface area (Å²) >= 11 is 1.33. The zero-order valence-corrected chi connectivity index (χ0v) is 16.4. The lowest BCUT2D eigenvalue weighted by Crippen LogP contribution is -2.28. The largest absolute Gasteiger partial charge is 0.467 e. The number of furan rings is 1. The van der Waals surface area contributed by atoms with Crippen molar-refractivity contribution >= 4 is 23.4 Å². The van der Waals surface area contributed by atoms with E-state index in [4.69, 9.17) is 4.42 Å². The second-order valence-electron chi connectivity index (χ2n) is 6.80. The molecule has 0 aliphatic heterocycles. The molecule has 0 bridgehead atoms. The molecule has 0 fully saturated rings. The number of fused-ring (bicyclic) bond motifs is 1. The summed E-state index contributed by atoms with van der Waals surface area (Å²) in [7, 11) is 0. The van der Waals surface area contributed by atoms with Crippen LogP contribution in [0.5, 0.6) is 0 Å². The molecule has 7 heteroatoms. The number of aromatic nitrogens is 2. The third-order valence-corrected chi connectivity index (χ3v) is 5.87. The normalized spacial score (nSPS) is 12.8. The lowest BCUT2D eigenvalue weighted by molar-refractivity contribution is -0.113. The summed E-state index contributed by atoms with van der Waals surface area (Å²) in [6.07, 6.45) is 4.31. The highest BCUT2D eigenvalue weighted by molar-refractivity contribution is 8.00. The first-order valence-electron chi connectivity index (χ1n) is 9.25. The number of anilines is 1. The van der Waals surface area contributed by atoms with E-state index in [9.17, 15) is 9.59 Å². The quantitative estimate of drug-likeness (QED) is 0.511. The minimum Gasteiger partial charge on any atom is -0.467 e. The van der Waals surface area contributed by atoms with Crippen LogP contribution in [0.1, 0.15) is 29.0 Å². The third-order valence-electron chi connectivity index (χ3n) is 4.85. The second kappa shape index (κ2) is 8.06. The molecule has 0 radical (unpaired) electrons. The summed E-state index contributed by atoms with van der Waals surface area (Å²) in [6, 6.07) is 11.3. The van der Waals surface area contributed by atoms with Gasteiger partial charge in [-0.1, -0.05) is 30.0 Å². The highest BCUT2D eigenvalue weighted by Gasteiger charge is 2.23. The molecule has 1 aromatic carbocycles. The number of rotatable bonds is 6. The summed E-state index contributed by atoms with van der Waals surface area (Å²) in [5.41, 5.74) is 3.62. The fourth-order valence-electron chi connectivity index (χ4n) is 3.46. The van der Waals surface area contributed by atoms with Gasteiger partial charge in [0.2, 0.25) is 5.91 Å². The maximum atomic E-state index is 12.6. The average Bonchev–Trinajstić information content (AvgIpc) is 3.36. The lowest BCUT2D eigenvalue weighted by Gasteiger charge is -2.13. The van der Waals surface area contributed by atoms with Crippen molar-refractivity contribution in [3.05, 3.63) is 75.7 Å². The Kier molecular flexibility index (Phi) is 5.34. The highest BCUT2D eigenvalue weighted by atomic mass is 32.2. The molecule has 4 rings (SSSR count). The molecule has 0 spiro atoms. The van der Waals surface area contributed by atoms with Crippen LogP contribution in [-0.4, -0.2) is 21.2 Å². The second-order valence-corrected chi connectivity index (χ2v) is 7.76. The minimum atomic E-state index is -0.293. The Morgan fingerprint density at radius 3 is 2.89 bits per heavy atom. The summed E-state index contributed by atoms with van der Waals surface area (Å²) < 4.78 is 7.08. The van der Waals surface area contributed by atoms with E-state index in [2.05, 4.69) is 10.3 Å².